The lowest BCUT2D eigenvalue weighted by atomic mass is 10.2. The third-order valence-electron chi connectivity index (χ3n) is 2.51. The van der Waals surface area contributed by atoms with Crippen LogP contribution in [0.1, 0.15) is 0 Å². The molecular formula is C11H7Cl3FNO2S. The molecule has 2 aromatic rings. The summed E-state index contributed by atoms with van der Waals surface area (Å²) in [5.74, 6) is -0.550. The van der Waals surface area contributed by atoms with Crippen molar-refractivity contribution in [2.24, 2.45) is 0 Å². The molecular weight excluding hydrogens is 336 g/mol. The van der Waals surface area contributed by atoms with Gasteiger partial charge >= 0.3 is 0 Å². The van der Waals surface area contributed by atoms with Crippen LogP contribution in [-0.4, -0.2) is 13.0 Å². The highest BCUT2D eigenvalue weighted by Gasteiger charge is 2.19. The fourth-order valence-corrected chi connectivity index (χ4v) is 3.01. The first kappa shape index (κ1) is 14.7. The molecule has 0 spiro atoms. The number of nitrogens with zero attached hydrogens (tertiary/aromatic N) is 1. The molecule has 0 atom stereocenters. The van der Waals surface area contributed by atoms with Crippen LogP contribution in [0.15, 0.2) is 39.9 Å². The summed E-state index contributed by atoms with van der Waals surface area (Å²) in [4.78, 5) is -0.164. The molecule has 102 valence electrons. The molecule has 0 saturated heterocycles. The third-order valence-corrected chi connectivity index (χ3v) is 4.46. The van der Waals surface area contributed by atoms with Gasteiger partial charge in [-0.25, -0.2) is 12.8 Å². The zero-order valence-corrected chi connectivity index (χ0v) is 12.4. The number of rotatable bonds is 3. The Morgan fingerprint density at radius 1 is 1.42 bits per heavy atom. The van der Waals surface area contributed by atoms with Crippen LogP contribution in [0.4, 0.5) is 4.39 Å². The average molecular weight is 343 g/mol. The van der Waals surface area contributed by atoms with E-state index in [0.29, 0.717) is 10.5 Å². The Bertz CT molecular complexity index is 768. The fourth-order valence-electron chi connectivity index (χ4n) is 1.76. The van der Waals surface area contributed by atoms with Crippen LogP contribution in [-0.2, 0) is 15.6 Å². The molecule has 1 aromatic carbocycles. The van der Waals surface area contributed by atoms with Crippen molar-refractivity contribution in [3.63, 3.8) is 0 Å². The van der Waals surface area contributed by atoms with Gasteiger partial charge in [0.25, 0.3) is 9.05 Å². The summed E-state index contributed by atoms with van der Waals surface area (Å²) in [6, 6.07) is 3.79. The number of hydrogen-bond acceptors (Lipinski definition) is 2. The average Bonchev–Trinajstić information content (AvgIpc) is 2.67. The molecule has 0 unspecified atom stereocenters. The van der Waals surface area contributed by atoms with Crippen molar-refractivity contribution in [3.05, 3.63) is 40.8 Å². The lowest BCUT2D eigenvalue weighted by Gasteiger charge is -2.03. The van der Waals surface area contributed by atoms with Crippen molar-refractivity contribution >= 4 is 53.8 Å². The van der Waals surface area contributed by atoms with E-state index < -0.39 is 14.9 Å². The minimum atomic E-state index is -3.98. The second-order valence-electron chi connectivity index (χ2n) is 3.78. The molecule has 0 radical (unpaired) electrons. The number of allylic oxidation sites excluding steroid dienone is 1. The molecule has 0 aliphatic heterocycles. The molecule has 0 N–H and O–H groups in total. The summed E-state index contributed by atoms with van der Waals surface area (Å²) in [5.41, 5.74) is 1.67. The van der Waals surface area contributed by atoms with Crippen LogP contribution in [0.5, 0.6) is 0 Å². The van der Waals surface area contributed by atoms with Crippen LogP contribution in [0.2, 0.25) is 0 Å². The zero-order chi connectivity index (χ0) is 14.2. The largest absolute Gasteiger partial charge is 0.341 e. The smallest absolute Gasteiger partial charge is 0.263 e. The van der Waals surface area contributed by atoms with E-state index in [1.54, 1.807) is 0 Å². The Morgan fingerprint density at radius 3 is 2.68 bits per heavy atom. The minimum absolute atomic E-state index is 0.164. The Kier molecular flexibility index (Phi) is 4.11. The Hall–Kier alpha value is -0.750. The maximum absolute atomic E-state index is 13.2. The van der Waals surface area contributed by atoms with Crippen molar-refractivity contribution in [1.82, 2.24) is 4.57 Å². The van der Waals surface area contributed by atoms with Crippen molar-refractivity contribution in [2.45, 2.75) is 11.4 Å². The summed E-state index contributed by atoms with van der Waals surface area (Å²) in [7, 11) is 1.36. The number of aromatic nitrogens is 1. The summed E-state index contributed by atoms with van der Waals surface area (Å²) >= 11 is 11.3. The number of fused-ring (bicyclic) bond motifs is 1. The van der Waals surface area contributed by atoms with Crippen LogP contribution >= 0.6 is 33.9 Å². The van der Waals surface area contributed by atoms with Gasteiger partial charge in [0.1, 0.15) is 10.7 Å². The van der Waals surface area contributed by atoms with E-state index in [9.17, 15) is 12.8 Å². The molecule has 8 heteroatoms. The monoisotopic (exact) mass is 341 g/mol. The molecule has 1 heterocycles. The third kappa shape index (κ3) is 3.05. The van der Waals surface area contributed by atoms with Crippen LogP contribution in [0.3, 0.4) is 0 Å². The van der Waals surface area contributed by atoms with Gasteiger partial charge in [-0.05, 0) is 18.2 Å². The fraction of sp³-hybridized carbons (Fsp3) is 0.0909. The van der Waals surface area contributed by atoms with Crippen LogP contribution in [0, 0.1) is 5.82 Å². The number of benzene rings is 1. The zero-order valence-electron chi connectivity index (χ0n) is 9.28. The second-order valence-corrected chi connectivity index (χ2v) is 7.01. The molecule has 0 amide bonds. The van der Waals surface area contributed by atoms with Gasteiger partial charge in [-0.2, -0.15) is 0 Å². The first-order chi connectivity index (χ1) is 8.82. The normalized spacial score (nSPS) is 13.2. The van der Waals surface area contributed by atoms with Gasteiger partial charge in [0, 0.05) is 38.3 Å². The molecule has 0 aliphatic carbocycles. The molecule has 0 saturated carbocycles. The van der Waals surface area contributed by atoms with Gasteiger partial charge in [0.2, 0.25) is 0 Å². The van der Waals surface area contributed by atoms with Crippen molar-refractivity contribution in [1.29, 1.82) is 0 Å². The Labute approximate surface area is 123 Å². The van der Waals surface area contributed by atoms with E-state index >= 15 is 0 Å². The minimum Gasteiger partial charge on any atom is -0.341 e. The lowest BCUT2D eigenvalue weighted by Crippen LogP contribution is -1.95. The summed E-state index contributed by atoms with van der Waals surface area (Å²) in [5, 5.41) is 0.510. The van der Waals surface area contributed by atoms with Crippen molar-refractivity contribution < 1.29 is 12.8 Å². The van der Waals surface area contributed by atoms with E-state index in [0.717, 1.165) is 6.07 Å². The van der Waals surface area contributed by atoms with Gasteiger partial charge in [-0.3, -0.25) is 0 Å². The number of hydrogen-bond donors (Lipinski definition) is 0. The van der Waals surface area contributed by atoms with Gasteiger partial charge in [-0.1, -0.05) is 23.2 Å². The molecule has 19 heavy (non-hydrogen) atoms. The predicted molar refractivity (Wildman–Crippen MR) is 74.7 cm³/mol. The van der Waals surface area contributed by atoms with E-state index in [1.807, 2.05) is 0 Å². The first-order valence-electron chi connectivity index (χ1n) is 5.00. The Morgan fingerprint density at radius 2 is 2.11 bits per heavy atom. The van der Waals surface area contributed by atoms with Crippen LogP contribution in [0.25, 0.3) is 10.9 Å². The molecule has 3 nitrogen and oxygen atoms in total. The highest BCUT2D eigenvalue weighted by molar-refractivity contribution is 8.14. The topological polar surface area (TPSA) is 39.1 Å². The highest BCUT2D eigenvalue weighted by atomic mass is 35.7. The van der Waals surface area contributed by atoms with Crippen LogP contribution < -0.4 is 0 Å². The summed E-state index contributed by atoms with van der Waals surface area (Å²) in [6.45, 7) is 0.166. The van der Waals surface area contributed by atoms with E-state index in [-0.39, 0.29) is 16.8 Å². The molecule has 0 fully saturated rings. The van der Waals surface area contributed by atoms with Gasteiger partial charge in [-0.15, -0.1) is 0 Å². The lowest BCUT2D eigenvalue weighted by molar-refractivity contribution is 0.609. The van der Waals surface area contributed by atoms with Gasteiger partial charge in [0.05, 0.1) is 6.54 Å². The standard InChI is InChI=1S/C11H7Cl3FNO2S/c12-4-7(13)5-16-6-11(19(14,17)18)9-3-8(15)1-2-10(9)16/h1-4,6H,5H2/b7-4-. The van der Waals surface area contributed by atoms with E-state index in [2.05, 4.69) is 0 Å². The van der Waals surface area contributed by atoms with Gasteiger partial charge in [0.15, 0.2) is 0 Å². The quantitative estimate of drug-likeness (QED) is 0.790. The summed E-state index contributed by atoms with van der Waals surface area (Å²) < 4.78 is 37.7. The second kappa shape index (κ2) is 5.32. The molecule has 1 aromatic heterocycles. The first-order valence-corrected chi connectivity index (χ1v) is 8.13. The van der Waals surface area contributed by atoms with Crippen molar-refractivity contribution in [2.75, 3.05) is 0 Å². The van der Waals surface area contributed by atoms with Crippen molar-refractivity contribution in [3.8, 4) is 0 Å². The van der Waals surface area contributed by atoms with Gasteiger partial charge < -0.3 is 4.57 Å². The van der Waals surface area contributed by atoms with E-state index in [1.165, 1.54) is 28.4 Å². The number of halogens is 4. The highest BCUT2D eigenvalue weighted by Crippen LogP contribution is 2.29. The maximum atomic E-state index is 13.2. The Balaban J connectivity index is 2.74. The SMILES string of the molecule is O=S(=O)(Cl)c1cn(C/C(Cl)=C/Cl)c2ccc(F)cc12. The molecule has 2 rings (SSSR count). The summed E-state index contributed by atoms with van der Waals surface area (Å²) in [6.07, 6.45) is 1.30. The van der Waals surface area contributed by atoms with E-state index in [4.69, 9.17) is 33.9 Å². The maximum Gasteiger partial charge on any atom is 0.263 e. The molecule has 0 aliphatic rings. The predicted octanol–water partition coefficient (Wildman–Crippen LogP) is 4.03. The molecule has 0 bridgehead atoms.